The van der Waals surface area contributed by atoms with E-state index in [1.54, 1.807) is 4.90 Å². The Bertz CT molecular complexity index is 899. The smallest absolute Gasteiger partial charge is 0.329 e. The van der Waals surface area contributed by atoms with Gasteiger partial charge in [-0.05, 0) is 58.1 Å². The lowest BCUT2D eigenvalue weighted by atomic mass is 9.84. The first-order valence-electron chi connectivity index (χ1n) is 10.9. The number of hydrogen-bond acceptors (Lipinski definition) is 5. The van der Waals surface area contributed by atoms with Gasteiger partial charge in [-0.25, -0.2) is 9.78 Å². The average molecular weight is 411 g/mol. The molecule has 160 valence electrons. The fraction of sp³-hybridized carbons (Fsp3) is 0.542. The first-order valence-corrected chi connectivity index (χ1v) is 10.9. The predicted octanol–water partition coefficient (Wildman–Crippen LogP) is 4.39. The van der Waals surface area contributed by atoms with Crippen molar-refractivity contribution in [2.24, 2.45) is 5.92 Å². The standard InChI is InChI=1S/C24H30N2O4/c1-24(2,3)30-23(28)20-13-17-11-7-8-12-19(17)26(20)21(27)14-18-15-29-22(25-18)16-9-5-4-6-10-16/h4-6,9-10,15,17,19-20H,7-8,11-14H2,1-3H3/t17-,19-,20-/m0/s1. The van der Waals surface area contributed by atoms with Crippen LogP contribution in [0.5, 0.6) is 0 Å². The zero-order chi connectivity index (χ0) is 21.3. The lowest BCUT2D eigenvalue weighted by molar-refractivity contribution is -0.164. The summed E-state index contributed by atoms with van der Waals surface area (Å²) < 4.78 is 11.2. The molecule has 4 rings (SSSR count). The molecule has 1 aromatic carbocycles. The van der Waals surface area contributed by atoms with Crippen LogP contribution < -0.4 is 0 Å². The lowest BCUT2D eigenvalue weighted by Crippen LogP contribution is -2.48. The Labute approximate surface area is 177 Å². The SMILES string of the molecule is CC(C)(C)OC(=O)[C@@H]1C[C@@H]2CCCC[C@@H]2N1C(=O)Cc1coc(-c2ccccc2)n1. The summed E-state index contributed by atoms with van der Waals surface area (Å²) in [5.41, 5.74) is 0.883. The summed E-state index contributed by atoms with van der Waals surface area (Å²) in [6.07, 6.45) is 6.62. The number of aromatic nitrogens is 1. The van der Waals surface area contributed by atoms with Crippen LogP contribution in [0.15, 0.2) is 41.0 Å². The molecule has 6 nitrogen and oxygen atoms in total. The highest BCUT2D eigenvalue weighted by atomic mass is 16.6. The van der Waals surface area contributed by atoms with Crippen LogP contribution in [-0.4, -0.2) is 39.4 Å². The van der Waals surface area contributed by atoms with Crippen molar-refractivity contribution >= 4 is 11.9 Å². The van der Waals surface area contributed by atoms with Crippen molar-refractivity contribution in [3.05, 3.63) is 42.3 Å². The number of esters is 1. The van der Waals surface area contributed by atoms with Crippen molar-refractivity contribution in [3.63, 3.8) is 0 Å². The molecule has 1 aliphatic heterocycles. The molecule has 6 heteroatoms. The third-order valence-corrected chi connectivity index (χ3v) is 5.96. The van der Waals surface area contributed by atoms with Gasteiger partial charge in [0.15, 0.2) is 0 Å². The van der Waals surface area contributed by atoms with Gasteiger partial charge in [-0.2, -0.15) is 0 Å². The monoisotopic (exact) mass is 410 g/mol. The summed E-state index contributed by atoms with van der Waals surface area (Å²) in [6.45, 7) is 5.58. The van der Waals surface area contributed by atoms with E-state index in [1.165, 1.54) is 6.26 Å². The fourth-order valence-corrected chi connectivity index (χ4v) is 4.75. The Kier molecular flexibility index (Phi) is 5.67. The second-order valence-corrected chi connectivity index (χ2v) is 9.38. The molecule has 0 radical (unpaired) electrons. The van der Waals surface area contributed by atoms with Crippen LogP contribution in [0.25, 0.3) is 11.5 Å². The molecule has 1 aromatic heterocycles. The van der Waals surface area contributed by atoms with Gasteiger partial charge < -0.3 is 14.1 Å². The maximum absolute atomic E-state index is 13.3. The molecule has 1 aliphatic carbocycles. The molecule has 0 N–H and O–H groups in total. The van der Waals surface area contributed by atoms with Crippen molar-refractivity contribution in [1.29, 1.82) is 0 Å². The zero-order valence-corrected chi connectivity index (χ0v) is 18.0. The van der Waals surface area contributed by atoms with Gasteiger partial charge in [-0.1, -0.05) is 31.0 Å². The molecule has 2 aliphatic rings. The van der Waals surface area contributed by atoms with Gasteiger partial charge in [-0.3, -0.25) is 4.79 Å². The van der Waals surface area contributed by atoms with Gasteiger partial charge in [0, 0.05) is 11.6 Å². The molecule has 1 amide bonds. The van der Waals surface area contributed by atoms with E-state index in [9.17, 15) is 9.59 Å². The van der Waals surface area contributed by atoms with Gasteiger partial charge in [-0.15, -0.1) is 0 Å². The van der Waals surface area contributed by atoms with E-state index < -0.39 is 11.6 Å². The summed E-state index contributed by atoms with van der Waals surface area (Å²) in [5.74, 6) is 0.500. The summed E-state index contributed by atoms with van der Waals surface area (Å²) in [6, 6.07) is 9.22. The number of rotatable bonds is 4. The van der Waals surface area contributed by atoms with Crippen LogP contribution in [0.4, 0.5) is 0 Å². The predicted molar refractivity (Wildman–Crippen MR) is 112 cm³/mol. The first kappa shape index (κ1) is 20.6. The molecule has 2 heterocycles. The Balaban J connectivity index is 1.52. The number of ether oxygens (including phenoxy) is 1. The van der Waals surface area contributed by atoms with E-state index in [-0.39, 0.29) is 24.3 Å². The minimum absolute atomic E-state index is 0.0758. The third-order valence-electron chi connectivity index (χ3n) is 5.96. The van der Waals surface area contributed by atoms with Crippen molar-refractivity contribution in [2.45, 2.75) is 77.0 Å². The van der Waals surface area contributed by atoms with Crippen LogP contribution in [0, 0.1) is 5.92 Å². The number of likely N-dealkylation sites (tertiary alicyclic amines) is 1. The van der Waals surface area contributed by atoms with Crippen LogP contribution in [0.1, 0.15) is 58.6 Å². The van der Waals surface area contributed by atoms with Crippen LogP contribution in [0.3, 0.4) is 0 Å². The molecule has 3 atom stereocenters. The van der Waals surface area contributed by atoms with Gasteiger partial charge >= 0.3 is 5.97 Å². The van der Waals surface area contributed by atoms with E-state index in [0.29, 0.717) is 23.9 Å². The molecule has 0 spiro atoms. The van der Waals surface area contributed by atoms with Crippen LogP contribution in [0.2, 0.25) is 0 Å². The summed E-state index contributed by atoms with van der Waals surface area (Å²) >= 11 is 0. The van der Waals surface area contributed by atoms with E-state index in [2.05, 4.69) is 4.98 Å². The Morgan fingerprint density at radius 3 is 2.63 bits per heavy atom. The normalized spacial score (nSPS) is 23.8. The lowest BCUT2D eigenvalue weighted by Gasteiger charge is -2.34. The Hall–Kier alpha value is -2.63. The molecule has 0 bridgehead atoms. The quantitative estimate of drug-likeness (QED) is 0.699. The first-order chi connectivity index (χ1) is 14.3. The highest BCUT2D eigenvalue weighted by Gasteiger charge is 2.48. The maximum Gasteiger partial charge on any atom is 0.329 e. The molecular weight excluding hydrogens is 380 g/mol. The van der Waals surface area contributed by atoms with Crippen molar-refractivity contribution in [1.82, 2.24) is 9.88 Å². The third kappa shape index (κ3) is 4.42. The van der Waals surface area contributed by atoms with Crippen LogP contribution >= 0.6 is 0 Å². The Morgan fingerprint density at radius 2 is 1.90 bits per heavy atom. The highest BCUT2D eigenvalue weighted by molar-refractivity contribution is 5.87. The van der Waals surface area contributed by atoms with E-state index in [4.69, 9.17) is 9.15 Å². The van der Waals surface area contributed by atoms with Crippen molar-refractivity contribution < 1.29 is 18.7 Å². The average Bonchev–Trinajstić information content (AvgIpc) is 3.32. The Morgan fingerprint density at radius 1 is 1.17 bits per heavy atom. The highest BCUT2D eigenvalue weighted by Crippen LogP contribution is 2.40. The second kappa shape index (κ2) is 8.25. The van der Waals surface area contributed by atoms with Gasteiger partial charge in [0.25, 0.3) is 0 Å². The summed E-state index contributed by atoms with van der Waals surface area (Å²) in [5, 5.41) is 0. The topological polar surface area (TPSA) is 72.6 Å². The second-order valence-electron chi connectivity index (χ2n) is 9.38. The molecule has 0 unspecified atom stereocenters. The van der Waals surface area contributed by atoms with Crippen molar-refractivity contribution in [2.75, 3.05) is 0 Å². The number of carbonyl (C=O) groups is 2. The number of nitrogens with zero attached hydrogens (tertiary/aromatic N) is 2. The number of carbonyl (C=O) groups excluding carboxylic acids is 2. The van der Waals surface area contributed by atoms with Crippen LogP contribution in [-0.2, 0) is 20.7 Å². The minimum Gasteiger partial charge on any atom is -0.458 e. The van der Waals surface area contributed by atoms with Gasteiger partial charge in [0.2, 0.25) is 11.8 Å². The molecule has 1 saturated carbocycles. The zero-order valence-electron chi connectivity index (χ0n) is 18.0. The number of oxazole rings is 1. The molecule has 2 aromatic rings. The fourth-order valence-electron chi connectivity index (χ4n) is 4.75. The largest absolute Gasteiger partial charge is 0.458 e. The molecule has 1 saturated heterocycles. The number of benzene rings is 1. The van der Waals surface area contributed by atoms with E-state index in [1.807, 2.05) is 51.1 Å². The summed E-state index contributed by atoms with van der Waals surface area (Å²) in [7, 11) is 0. The van der Waals surface area contributed by atoms with Gasteiger partial charge in [0.1, 0.15) is 17.9 Å². The number of amides is 1. The number of hydrogen-bond donors (Lipinski definition) is 0. The minimum atomic E-state index is -0.573. The van der Waals surface area contributed by atoms with E-state index >= 15 is 0 Å². The van der Waals surface area contributed by atoms with Crippen molar-refractivity contribution in [3.8, 4) is 11.5 Å². The number of fused-ring (bicyclic) bond motifs is 1. The molecular formula is C24H30N2O4. The maximum atomic E-state index is 13.3. The summed E-state index contributed by atoms with van der Waals surface area (Å²) in [4.78, 5) is 32.5. The van der Waals surface area contributed by atoms with E-state index in [0.717, 1.165) is 31.2 Å². The van der Waals surface area contributed by atoms with Gasteiger partial charge in [0.05, 0.1) is 12.1 Å². The molecule has 30 heavy (non-hydrogen) atoms. The molecule has 2 fully saturated rings.